The predicted molar refractivity (Wildman–Crippen MR) is 117 cm³/mol. The Morgan fingerprint density at radius 1 is 1.03 bits per heavy atom. The van der Waals surface area contributed by atoms with Crippen molar-refractivity contribution >= 4 is 16.9 Å². The third-order valence-electron chi connectivity index (χ3n) is 5.34. The van der Waals surface area contributed by atoms with Gasteiger partial charge in [0.05, 0.1) is 12.1 Å². The molecule has 6 nitrogen and oxygen atoms in total. The minimum absolute atomic E-state index is 0.0649. The van der Waals surface area contributed by atoms with E-state index in [2.05, 4.69) is 33.6 Å². The number of H-pyrrole nitrogens is 1. The van der Waals surface area contributed by atoms with Crippen LogP contribution in [-0.2, 0) is 17.6 Å². The molecule has 2 heterocycles. The number of hydrogen-bond donors (Lipinski definition) is 1. The summed E-state index contributed by atoms with van der Waals surface area (Å²) < 4.78 is 5.29. The Labute approximate surface area is 175 Å². The Morgan fingerprint density at radius 3 is 2.70 bits per heavy atom. The summed E-state index contributed by atoms with van der Waals surface area (Å²) in [5.41, 5.74) is 4.68. The smallest absolute Gasteiger partial charge is 0.228 e. The summed E-state index contributed by atoms with van der Waals surface area (Å²) in [6, 6.07) is 19.9. The maximum Gasteiger partial charge on any atom is 0.228 e. The highest BCUT2D eigenvalue weighted by Gasteiger charge is 2.15. The lowest BCUT2D eigenvalue weighted by Crippen LogP contribution is -2.29. The lowest BCUT2D eigenvalue weighted by Gasteiger charge is -2.16. The number of unbranched alkanes of at least 4 members (excludes halogenated alkanes) is 2. The molecule has 154 valence electrons. The van der Waals surface area contributed by atoms with Gasteiger partial charge >= 0.3 is 0 Å². The summed E-state index contributed by atoms with van der Waals surface area (Å²) in [7, 11) is 1.85. The molecule has 0 atom stereocenters. The van der Waals surface area contributed by atoms with Crippen molar-refractivity contribution in [1.29, 1.82) is 0 Å². The van der Waals surface area contributed by atoms with Gasteiger partial charge < -0.3 is 9.42 Å². The molecule has 0 saturated carbocycles. The fourth-order valence-electron chi connectivity index (χ4n) is 3.56. The number of aromatic amines is 1. The van der Waals surface area contributed by atoms with E-state index >= 15 is 0 Å². The van der Waals surface area contributed by atoms with Crippen LogP contribution < -0.4 is 0 Å². The molecule has 0 saturated heterocycles. The van der Waals surface area contributed by atoms with Crippen LogP contribution >= 0.6 is 0 Å². The van der Waals surface area contributed by atoms with Crippen LogP contribution in [0.3, 0.4) is 0 Å². The number of aromatic nitrogens is 3. The highest BCUT2D eigenvalue weighted by molar-refractivity contribution is 5.86. The molecule has 1 N–H and O–H groups in total. The van der Waals surface area contributed by atoms with Gasteiger partial charge in [-0.2, -0.15) is 5.10 Å². The van der Waals surface area contributed by atoms with E-state index in [1.165, 1.54) is 0 Å². The van der Waals surface area contributed by atoms with Crippen molar-refractivity contribution in [2.24, 2.45) is 0 Å². The first-order chi connectivity index (χ1) is 14.7. The third-order valence-corrected chi connectivity index (χ3v) is 5.34. The first-order valence-corrected chi connectivity index (χ1v) is 10.4. The molecule has 2 aromatic carbocycles. The van der Waals surface area contributed by atoms with Gasteiger partial charge in [-0.05, 0) is 37.5 Å². The summed E-state index contributed by atoms with van der Waals surface area (Å²) in [6.07, 6.45) is 4.32. The highest BCUT2D eigenvalue weighted by Crippen LogP contribution is 2.19. The highest BCUT2D eigenvalue weighted by atomic mass is 16.5. The van der Waals surface area contributed by atoms with Crippen LogP contribution in [0, 0.1) is 0 Å². The molecule has 4 aromatic rings. The molecule has 30 heavy (non-hydrogen) atoms. The number of carbonyl (C=O) groups is 1. The molecule has 0 fully saturated rings. The standard InChI is InChI=1S/C24H26N4O2/c1-28(24(29)17-22-20-13-7-8-14-23(20)30-27-22)15-9-3-6-12-19-16-21(26-25-19)18-10-4-2-5-11-18/h2,4-5,7-8,10-11,13-14,16H,3,6,9,12,15,17H2,1H3,(H,25,26). The molecular formula is C24H26N4O2. The quantitative estimate of drug-likeness (QED) is 0.414. The van der Waals surface area contributed by atoms with Crippen LogP contribution in [0.15, 0.2) is 65.2 Å². The molecule has 0 aliphatic carbocycles. The second-order valence-corrected chi connectivity index (χ2v) is 7.57. The third kappa shape index (κ3) is 4.76. The second-order valence-electron chi connectivity index (χ2n) is 7.57. The molecule has 2 aromatic heterocycles. The average molecular weight is 402 g/mol. The van der Waals surface area contributed by atoms with Crippen LogP contribution in [0.1, 0.15) is 30.7 Å². The van der Waals surface area contributed by atoms with Crippen molar-refractivity contribution in [2.45, 2.75) is 32.1 Å². The number of aryl methyl sites for hydroxylation is 1. The maximum absolute atomic E-state index is 12.5. The fraction of sp³-hybridized carbons (Fsp3) is 0.292. The molecule has 1 amide bonds. The zero-order valence-electron chi connectivity index (χ0n) is 17.2. The largest absolute Gasteiger partial charge is 0.356 e. The Kier molecular flexibility index (Phi) is 6.23. The van der Waals surface area contributed by atoms with E-state index in [-0.39, 0.29) is 12.3 Å². The van der Waals surface area contributed by atoms with Crippen LogP contribution in [0.25, 0.3) is 22.2 Å². The van der Waals surface area contributed by atoms with Gasteiger partial charge in [-0.25, -0.2) is 0 Å². The van der Waals surface area contributed by atoms with Crippen LogP contribution in [0.5, 0.6) is 0 Å². The fourth-order valence-corrected chi connectivity index (χ4v) is 3.56. The molecule has 0 radical (unpaired) electrons. The number of nitrogens with one attached hydrogen (secondary N) is 1. The number of hydrogen-bond acceptors (Lipinski definition) is 4. The van der Waals surface area contributed by atoms with Gasteiger partial charge in [-0.1, -0.05) is 54.0 Å². The van der Waals surface area contributed by atoms with Crippen LogP contribution in [0.4, 0.5) is 0 Å². The van der Waals surface area contributed by atoms with Gasteiger partial charge in [0.2, 0.25) is 5.91 Å². The van der Waals surface area contributed by atoms with Gasteiger partial charge in [0.1, 0.15) is 5.69 Å². The minimum Gasteiger partial charge on any atom is -0.356 e. The van der Waals surface area contributed by atoms with Gasteiger partial charge in [0, 0.05) is 30.2 Å². The maximum atomic E-state index is 12.5. The van der Waals surface area contributed by atoms with Crippen LogP contribution in [-0.4, -0.2) is 39.8 Å². The molecule has 6 heteroatoms. The van der Waals surface area contributed by atoms with E-state index in [0.717, 1.165) is 60.1 Å². The van der Waals surface area contributed by atoms with Crippen molar-refractivity contribution in [2.75, 3.05) is 13.6 Å². The topological polar surface area (TPSA) is 75.0 Å². The molecule has 0 bridgehead atoms. The second kappa shape index (κ2) is 9.39. The SMILES string of the molecule is CN(CCCCCc1cc(-c2ccccc2)n[nH]1)C(=O)Cc1noc2ccccc12. The Hall–Kier alpha value is -3.41. The number of likely N-dealkylation sites (N-methyl/N-ethyl adjacent to an activating group) is 1. The summed E-state index contributed by atoms with van der Waals surface area (Å²) in [6.45, 7) is 0.743. The zero-order chi connectivity index (χ0) is 20.8. The Bertz CT molecular complexity index is 1100. The van der Waals surface area contributed by atoms with E-state index in [1.54, 1.807) is 4.90 Å². The molecule has 0 spiro atoms. The molecule has 4 rings (SSSR count). The summed E-state index contributed by atoms with van der Waals surface area (Å²) in [5, 5.41) is 12.5. The first kappa shape index (κ1) is 19.9. The molecule has 0 unspecified atom stereocenters. The van der Waals surface area contributed by atoms with Crippen molar-refractivity contribution in [1.82, 2.24) is 20.3 Å². The van der Waals surface area contributed by atoms with E-state index in [1.807, 2.05) is 49.5 Å². The van der Waals surface area contributed by atoms with E-state index in [9.17, 15) is 4.79 Å². The molecular weight excluding hydrogens is 376 g/mol. The number of amides is 1. The average Bonchev–Trinajstić information content (AvgIpc) is 3.41. The number of fused-ring (bicyclic) bond motifs is 1. The summed E-state index contributed by atoms with van der Waals surface area (Å²) in [4.78, 5) is 14.3. The Morgan fingerprint density at radius 2 is 1.83 bits per heavy atom. The van der Waals surface area contributed by atoms with E-state index in [0.29, 0.717) is 5.69 Å². The summed E-state index contributed by atoms with van der Waals surface area (Å²) in [5.74, 6) is 0.0649. The number of benzene rings is 2. The van der Waals surface area contributed by atoms with Gasteiger partial charge in [-0.3, -0.25) is 9.89 Å². The number of rotatable bonds is 9. The predicted octanol–water partition coefficient (Wildman–Crippen LogP) is 4.63. The number of carbonyl (C=O) groups excluding carboxylic acids is 1. The van der Waals surface area contributed by atoms with Gasteiger partial charge in [0.25, 0.3) is 0 Å². The van der Waals surface area contributed by atoms with Crippen molar-refractivity contribution in [3.63, 3.8) is 0 Å². The van der Waals surface area contributed by atoms with Crippen molar-refractivity contribution < 1.29 is 9.32 Å². The molecule has 0 aliphatic rings. The van der Waals surface area contributed by atoms with Crippen molar-refractivity contribution in [3.8, 4) is 11.3 Å². The number of para-hydroxylation sites is 1. The normalized spacial score (nSPS) is 11.1. The first-order valence-electron chi connectivity index (χ1n) is 10.4. The minimum atomic E-state index is 0.0649. The van der Waals surface area contributed by atoms with Gasteiger partial charge in [0.15, 0.2) is 5.58 Å². The van der Waals surface area contributed by atoms with E-state index < -0.39 is 0 Å². The van der Waals surface area contributed by atoms with Gasteiger partial charge in [-0.15, -0.1) is 0 Å². The monoisotopic (exact) mass is 402 g/mol. The molecule has 0 aliphatic heterocycles. The van der Waals surface area contributed by atoms with E-state index in [4.69, 9.17) is 4.52 Å². The van der Waals surface area contributed by atoms with Crippen molar-refractivity contribution in [3.05, 3.63) is 72.1 Å². The summed E-state index contributed by atoms with van der Waals surface area (Å²) >= 11 is 0. The van der Waals surface area contributed by atoms with Crippen LogP contribution in [0.2, 0.25) is 0 Å². The lowest BCUT2D eigenvalue weighted by atomic mass is 10.1. The number of nitrogens with zero attached hydrogens (tertiary/aromatic N) is 3. The zero-order valence-corrected chi connectivity index (χ0v) is 17.2. The lowest BCUT2D eigenvalue weighted by molar-refractivity contribution is -0.129. The Balaban J connectivity index is 1.18.